The molecule has 1 aromatic rings. The van der Waals surface area contributed by atoms with Crippen LogP contribution in [0.4, 0.5) is 18.9 Å². The lowest BCUT2D eigenvalue weighted by atomic mass is 9.91. The zero-order valence-corrected chi connectivity index (χ0v) is 12.2. The predicted octanol–water partition coefficient (Wildman–Crippen LogP) is 2.43. The molecule has 0 amide bonds. The summed E-state index contributed by atoms with van der Waals surface area (Å²) in [4.78, 5) is 13.9. The van der Waals surface area contributed by atoms with E-state index in [-0.39, 0.29) is 12.1 Å². The van der Waals surface area contributed by atoms with Crippen molar-refractivity contribution in [3.63, 3.8) is 0 Å². The summed E-state index contributed by atoms with van der Waals surface area (Å²) in [6.07, 6.45) is -5.18. The summed E-state index contributed by atoms with van der Waals surface area (Å²) in [6, 6.07) is 3.38. The van der Waals surface area contributed by atoms with Gasteiger partial charge in [-0.15, -0.1) is 0 Å². The molecule has 2 heterocycles. The van der Waals surface area contributed by atoms with E-state index in [2.05, 4.69) is 5.32 Å². The Balaban J connectivity index is 2.11. The molecule has 22 heavy (non-hydrogen) atoms. The molecule has 0 aliphatic carbocycles. The van der Waals surface area contributed by atoms with Gasteiger partial charge in [0.05, 0.1) is 19.1 Å². The van der Waals surface area contributed by atoms with E-state index in [1.807, 2.05) is 4.90 Å². The average Bonchev–Trinajstić information content (AvgIpc) is 2.66. The van der Waals surface area contributed by atoms with Crippen molar-refractivity contribution in [1.29, 1.82) is 0 Å². The van der Waals surface area contributed by atoms with Crippen LogP contribution in [-0.4, -0.2) is 38.9 Å². The smallest absolute Gasteiger partial charge is 0.389 e. The van der Waals surface area contributed by atoms with Gasteiger partial charge in [-0.05, 0) is 17.2 Å². The molecule has 7 heteroatoms. The van der Waals surface area contributed by atoms with E-state index < -0.39 is 24.5 Å². The monoisotopic (exact) mass is 314 g/mol. The molecule has 1 unspecified atom stereocenters. The maximum Gasteiger partial charge on any atom is 0.389 e. The molecule has 0 fully saturated rings. The second-order valence-corrected chi connectivity index (χ2v) is 5.67. The molecule has 0 radical (unpaired) electrons. The molecular weight excluding hydrogens is 297 g/mol. The number of carbonyl (C=O) groups excluding carboxylic acids is 1. The highest BCUT2D eigenvalue weighted by Gasteiger charge is 2.41. The standard InChI is InChI=1S/C15H17F3N2O2/c1-22-14(21)11-3-2-9-7-19-4-5-20-8-10(6-15(16,17)18)12(11)13(9)20/h2-3,10,19H,4-8H2,1H3. The lowest BCUT2D eigenvalue weighted by Crippen LogP contribution is -2.29. The number of hydrogen-bond acceptors (Lipinski definition) is 4. The molecule has 0 saturated heterocycles. The van der Waals surface area contributed by atoms with Gasteiger partial charge in [0, 0.05) is 37.8 Å². The van der Waals surface area contributed by atoms with Gasteiger partial charge in [0.2, 0.25) is 0 Å². The summed E-state index contributed by atoms with van der Waals surface area (Å²) in [6.45, 7) is 2.23. The van der Waals surface area contributed by atoms with Gasteiger partial charge in [0.25, 0.3) is 0 Å². The van der Waals surface area contributed by atoms with Crippen molar-refractivity contribution in [1.82, 2.24) is 5.32 Å². The third-order valence-corrected chi connectivity index (χ3v) is 4.22. The molecule has 2 aliphatic rings. The maximum absolute atomic E-state index is 12.9. The molecule has 0 aromatic heterocycles. The van der Waals surface area contributed by atoms with Crippen LogP contribution in [-0.2, 0) is 11.3 Å². The fourth-order valence-electron chi connectivity index (χ4n) is 3.41. The molecular formula is C15H17F3N2O2. The highest BCUT2D eigenvalue weighted by atomic mass is 19.4. The van der Waals surface area contributed by atoms with Crippen LogP contribution >= 0.6 is 0 Å². The van der Waals surface area contributed by atoms with E-state index in [1.165, 1.54) is 7.11 Å². The number of nitrogens with zero attached hydrogens (tertiary/aromatic N) is 1. The number of ether oxygens (including phenoxy) is 1. The Morgan fingerprint density at radius 2 is 2.23 bits per heavy atom. The molecule has 0 saturated carbocycles. The molecule has 120 valence electrons. The fraction of sp³-hybridized carbons (Fsp3) is 0.533. The normalized spacial score (nSPS) is 20.5. The summed E-state index contributed by atoms with van der Waals surface area (Å²) >= 11 is 0. The van der Waals surface area contributed by atoms with Crippen molar-refractivity contribution < 1.29 is 22.7 Å². The first-order chi connectivity index (χ1) is 10.4. The fourth-order valence-corrected chi connectivity index (χ4v) is 3.41. The number of esters is 1. The highest BCUT2D eigenvalue weighted by Crippen LogP contribution is 2.46. The van der Waals surface area contributed by atoms with Crippen molar-refractivity contribution in [2.75, 3.05) is 31.6 Å². The topological polar surface area (TPSA) is 41.6 Å². The minimum Gasteiger partial charge on any atom is -0.465 e. The van der Waals surface area contributed by atoms with Crippen molar-refractivity contribution in [2.24, 2.45) is 0 Å². The minimum atomic E-state index is -4.26. The van der Waals surface area contributed by atoms with E-state index >= 15 is 0 Å². The first kappa shape index (κ1) is 15.1. The van der Waals surface area contributed by atoms with Crippen LogP contribution in [0.25, 0.3) is 0 Å². The Bertz CT molecular complexity index is 601. The number of methoxy groups -OCH3 is 1. The number of rotatable bonds is 2. The zero-order valence-electron chi connectivity index (χ0n) is 12.2. The van der Waals surface area contributed by atoms with Crippen LogP contribution in [0.5, 0.6) is 0 Å². The molecule has 2 aliphatic heterocycles. The number of carbonyl (C=O) groups is 1. The molecule has 0 spiro atoms. The first-order valence-corrected chi connectivity index (χ1v) is 7.17. The average molecular weight is 314 g/mol. The van der Waals surface area contributed by atoms with Crippen LogP contribution in [0.15, 0.2) is 12.1 Å². The van der Waals surface area contributed by atoms with Crippen molar-refractivity contribution in [3.05, 3.63) is 28.8 Å². The van der Waals surface area contributed by atoms with Crippen LogP contribution < -0.4 is 10.2 Å². The second-order valence-electron chi connectivity index (χ2n) is 5.67. The van der Waals surface area contributed by atoms with E-state index in [9.17, 15) is 18.0 Å². The second kappa shape index (κ2) is 5.46. The van der Waals surface area contributed by atoms with Gasteiger partial charge >= 0.3 is 12.1 Å². The number of halogens is 3. The number of hydrogen-bond donors (Lipinski definition) is 1. The largest absolute Gasteiger partial charge is 0.465 e. The summed E-state index contributed by atoms with van der Waals surface area (Å²) < 4.78 is 43.4. The number of nitrogens with one attached hydrogen (secondary N) is 1. The van der Waals surface area contributed by atoms with Gasteiger partial charge in [0.1, 0.15) is 0 Å². The van der Waals surface area contributed by atoms with Crippen LogP contribution in [0, 0.1) is 0 Å². The van der Waals surface area contributed by atoms with Gasteiger partial charge < -0.3 is 15.0 Å². The highest BCUT2D eigenvalue weighted by molar-refractivity contribution is 5.94. The molecule has 0 bridgehead atoms. The molecule has 1 atom stereocenters. The predicted molar refractivity (Wildman–Crippen MR) is 75.1 cm³/mol. The summed E-state index contributed by atoms with van der Waals surface area (Å²) in [5.41, 5.74) is 2.46. The molecule has 4 nitrogen and oxygen atoms in total. The lowest BCUT2D eigenvalue weighted by molar-refractivity contribution is -0.138. The van der Waals surface area contributed by atoms with E-state index in [0.717, 1.165) is 11.3 Å². The van der Waals surface area contributed by atoms with Crippen molar-refractivity contribution >= 4 is 11.7 Å². The Hall–Kier alpha value is -1.76. The minimum absolute atomic E-state index is 0.250. The van der Waals surface area contributed by atoms with Gasteiger partial charge in [-0.3, -0.25) is 0 Å². The summed E-state index contributed by atoms with van der Waals surface area (Å²) in [5.74, 6) is -1.30. The third-order valence-electron chi connectivity index (χ3n) is 4.22. The lowest BCUT2D eigenvalue weighted by Gasteiger charge is -2.19. The van der Waals surface area contributed by atoms with Crippen molar-refractivity contribution in [2.45, 2.75) is 25.1 Å². The number of anilines is 1. The van der Waals surface area contributed by atoms with E-state index in [0.29, 0.717) is 25.2 Å². The van der Waals surface area contributed by atoms with Crippen LogP contribution in [0.3, 0.4) is 0 Å². The van der Waals surface area contributed by atoms with Crippen LogP contribution in [0.2, 0.25) is 0 Å². The van der Waals surface area contributed by atoms with E-state index in [4.69, 9.17) is 4.74 Å². The van der Waals surface area contributed by atoms with Gasteiger partial charge in [0.15, 0.2) is 0 Å². The Morgan fingerprint density at radius 1 is 1.45 bits per heavy atom. The van der Waals surface area contributed by atoms with E-state index in [1.54, 1.807) is 12.1 Å². The SMILES string of the molecule is COC(=O)c1ccc2c3c1C(CC(F)(F)F)CN3CCNC2. The van der Waals surface area contributed by atoms with Crippen LogP contribution in [0.1, 0.15) is 33.8 Å². The number of benzene rings is 1. The Kier molecular flexibility index (Phi) is 3.76. The molecule has 1 aromatic carbocycles. The van der Waals surface area contributed by atoms with Gasteiger partial charge in [-0.1, -0.05) is 6.07 Å². The molecule has 1 N–H and O–H groups in total. The Labute approximate surface area is 126 Å². The third kappa shape index (κ3) is 2.65. The Morgan fingerprint density at radius 3 is 2.91 bits per heavy atom. The van der Waals surface area contributed by atoms with Crippen molar-refractivity contribution in [3.8, 4) is 0 Å². The quantitative estimate of drug-likeness (QED) is 0.851. The summed E-state index contributed by atoms with van der Waals surface area (Å²) in [7, 11) is 1.24. The zero-order chi connectivity index (χ0) is 15.9. The summed E-state index contributed by atoms with van der Waals surface area (Å²) in [5, 5.41) is 3.24. The number of alkyl halides is 3. The van der Waals surface area contributed by atoms with Gasteiger partial charge in [-0.2, -0.15) is 13.2 Å². The maximum atomic E-state index is 12.9. The first-order valence-electron chi connectivity index (χ1n) is 7.17. The van der Waals surface area contributed by atoms with Gasteiger partial charge in [-0.25, -0.2) is 4.79 Å². The molecule has 3 rings (SSSR count).